The Morgan fingerprint density at radius 3 is 2.18 bits per heavy atom. The molecule has 4 aromatic rings. The van der Waals surface area contributed by atoms with Gasteiger partial charge in [0.25, 0.3) is 10.0 Å². The van der Waals surface area contributed by atoms with Crippen LogP contribution in [0.1, 0.15) is 30.4 Å². The zero-order valence-electron chi connectivity index (χ0n) is 28.0. The Morgan fingerprint density at radius 2 is 1.58 bits per heavy atom. The van der Waals surface area contributed by atoms with Crippen LogP contribution in [0.4, 0.5) is 55.2 Å². The van der Waals surface area contributed by atoms with Crippen LogP contribution in [0.15, 0.2) is 70.8 Å². The van der Waals surface area contributed by atoms with Crippen LogP contribution in [0.25, 0.3) is 0 Å². The molecule has 1 aromatic carbocycles. The fourth-order valence-electron chi connectivity index (χ4n) is 5.11. The molecule has 23 heteroatoms. The van der Waals surface area contributed by atoms with Crippen molar-refractivity contribution in [3.8, 4) is 0 Å². The maximum atomic E-state index is 13.1. The second-order valence-corrected chi connectivity index (χ2v) is 14.0. The Morgan fingerprint density at radius 1 is 0.927 bits per heavy atom. The number of anilines is 5. The van der Waals surface area contributed by atoms with Crippen molar-refractivity contribution in [1.29, 1.82) is 0 Å². The van der Waals surface area contributed by atoms with E-state index in [0.29, 0.717) is 62.0 Å². The number of hydrogen-bond donors (Lipinski definition) is 5. The zero-order valence-corrected chi connectivity index (χ0v) is 29.6. The minimum atomic E-state index is -5.08. The lowest BCUT2D eigenvalue weighted by Crippen LogP contribution is -2.39. The first-order chi connectivity index (χ1) is 25.7. The Bertz CT molecular complexity index is 2070. The Kier molecular flexibility index (Phi) is 13.7. The summed E-state index contributed by atoms with van der Waals surface area (Å²) in [4.78, 5) is 44.0. The molecule has 5 N–H and O–H groups in total. The molecule has 2 aliphatic rings. The number of nitrogens with one attached hydrogen (secondary N) is 3. The Labute approximate surface area is 312 Å². The number of hydrogen-bond acceptors (Lipinski definition) is 11. The minimum Gasteiger partial charge on any atom is -0.475 e. The molecule has 0 aliphatic carbocycles. The van der Waals surface area contributed by atoms with Crippen molar-refractivity contribution in [2.75, 3.05) is 29.0 Å². The summed E-state index contributed by atoms with van der Waals surface area (Å²) >= 11 is 6.36. The van der Waals surface area contributed by atoms with Crippen molar-refractivity contribution in [2.24, 2.45) is 5.92 Å². The van der Waals surface area contributed by atoms with E-state index in [9.17, 15) is 39.6 Å². The molecule has 1 fully saturated rings. The number of aromatic nitrogens is 3. The van der Waals surface area contributed by atoms with Crippen LogP contribution >= 0.6 is 11.6 Å². The monoisotopic (exact) mass is 821 g/mol. The highest BCUT2D eigenvalue weighted by molar-refractivity contribution is 7.89. The van der Waals surface area contributed by atoms with Gasteiger partial charge >= 0.3 is 24.3 Å². The summed E-state index contributed by atoms with van der Waals surface area (Å²) < 4.78 is 95.5. The number of aryl methyl sites for hydroxylation is 2. The third-order valence-electron chi connectivity index (χ3n) is 7.74. The normalized spacial score (nSPS) is 14.7. The summed E-state index contributed by atoms with van der Waals surface area (Å²) in [7, 11) is -3.65. The average molecular weight is 822 g/mol. The fraction of sp³-hybridized carbons (Fsp3) is 0.312. The van der Waals surface area contributed by atoms with E-state index in [1.54, 1.807) is 12.3 Å². The van der Waals surface area contributed by atoms with E-state index in [1.165, 1.54) is 22.8 Å². The minimum absolute atomic E-state index is 0.0537. The number of fused-ring (bicyclic) bond motifs is 6. The standard InChI is InChI=1S/C28H28ClN7O4S.2C2HF3O2/c29-23-17-31-28-33-22-12-19(15-30-16-22)3-4-20-14-21(32-27(23)35-28)5-6-24(20)34-25(37)13-18-7-9-36(10-8-18)41(38,39)26-2-1-11-40-26;2*3-2(4,5)1(6)7/h1-2,5-6,11-12,14-18H,3-4,7-10,13H2,(H,34,37)(H2,31,32,33,35);2*(H,6,7). The van der Waals surface area contributed by atoms with Crippen LogP contribution in [-0.2, 0) is 37.2 Å². The highest BCUT2D eigenvalue weighted by Gasteiger charge is 2.39. The van der Waals surface area contributed by atoms with E-state index in [4.69, 9.17) is 35.8 Å². The van der Waals surface area contributed by atoms with Gasteiger partial charge in [0, 0.05) is 37.1 Å². The van der Waals surface area contributed by atoms with E-state index >= 15 is 0 Å². The van der Waals surface area contributed by atoms with Gasteiger partial charge in [-0.15, -0.1) is 0 Å². The van der Waals surface area contributed by atoms with Gasteiger partial charge in [-0.25, -0.2) is 23.0 Å². The van der Waals surface area contributed by atoms with E-state index in [-0.39, 0.29) is 16.9 Å². The molecular weight excluding hydrogens is 792 g/mol. The zero-order chi connectivity index (χ0) is 40.6. The summed E-state index contributed by atoms with van der Waals surface area (Å²) in [6.07, 6.45) is -0.886. The second-order valence-electron chi connectivity index (χ2n) is 11.7. The van der Waals surface area contributed by atoms with Crippen LogP contribution in [0.2, 0.25) is 5.02 Å². The van der Waals surface area contributed by atoms with Gasteiger partial charge in [0.05, 0.1) is 24.3 Å². The molecule has 6 rings (SSSR count). The first-order valence-electron chi connectivity index (χ1n) is 15.8. The molecule has 0 radical (unpaired) electrons. The number of alkyl halides is 6. The lowest BCUT2D eigenvalue weighted by Gasteiger charge is -2.30. The van der Waals surface area contributed by atoms with Gasteiger partial charge in [-0.1, -0.05) is 11.6 Å². The average Bonchev–Trinajstić information content (AvgIpc) is 3.66. The number of carboxylic acid groups (broad SMARTS) is 2. The predicted octanol–water partition coefficient (Wildman–Crippen LogP) is 6.40. The summed E-state index contributed by atoms with van der Waals surface area (Å²) in [5, 5.41) is 24.1. The molecule has 1 amide bonds. The maximum Gasteiger partial charge on any atom is 0.490 e. The van der Waals surface area contributed by atoms with Gasteiger partial charge in [-0.05, 0) is 79.1 Å². The molecule has 0 atom stereocenters. The Hall–Kier alpha value is -5.48. The lowest BCUT2D eigenvalue weighted by molar-refractivity contribution is -0.193. The largest absolute Gasteiger partial charge is 0.490 e. The van der Waals surface area contributed by atoms with E-state index in [0.717, 1.165) is 28.2 Å². The molecule has 3 aromatic heterocycles. The highest BCUT2D eigenvalue weighted by atomic mass is 35.5. The summed E-state index contributed by atoms with van der Waals surface area (Å²) in [5.74, 6) is -4.69. The predicted molar refractivity (Wildman–Crippen MR) is 183 cm³/mol. The molecule has 15 nitrogen and oxygen atoms in total. The van der Waals surface area contributed by atoms with Gasteiger partial charge in [0.1, 0.15) is 5.02 Å². The number of piperidine rings is 1. The second kappa shape index (κ2) is 17.8. The number of nitrogens with zero attached hydrogens (tertiary/aromatic N) is 4. The van der Waals surface area contributed by atoms with Crippen LogP contribution in [0.5, 0.6) is 0 Å². The molecule has 1 saturated heterocycles. The number of carbonyl (C=O) groups excluding carboxylic acids is 1. The molecule has 5 heterocycles. The number of amides is 1. The van der Waals surface area contributed by atoms with E-state index in [2.05, 4.69) is 30.9 Å². The summed E-state index contributed by atoms with van der Waals surface area (Å²) in [5.41, 5.74) is 4.24. The van der Waals surface area contributed by atoms with Gasteiger partial charge in [-0.3, -0.25) is 9.78 Å². The number of aliphatic carboxylic acids is 2. The molecule has 0 spiro atoms. The van der Waals surface area contributed by atoms with Crippen molar-refractivity contribution >= 4 is 68.3 Å². The van der Waals surface area contributed by atoms with Crippen molar-refractivity contribution in [1.82, 2.24) is 19.3 Å². The number of carboxylic acids is 2. The van der Waals surface area contributed by atoms with Gasteiger partial charge in [0.15, 0.2) is 5.82 Å². The van der Waals surface area contributed by atoms with E-state index < -0.39 is 34.3 Å². The van der Waals surface area contributed by atoms with Crippen molar-refractivity contribution in [3.63, 3.8) is 0 Å². The van der Waals surface area contributed by atoms with Crippen molar-refractivity contribution in [2.45, 2.75) is 49.5 Å². The van der Waals surface area contributed by atoms with Crippen LogP contribution in [0, 0.1) is 5.92 Å². The summed E-state index contributed by atoms with van der Waals surface area (Å²) in [6, 6.07) is 10.7. The fourth-order valence-corrected chi connectivity index (χ4v) is 6.62. The van der Waals surface area contributed by atoms with Gasteiger partial charge < -0.3 is 30.6 Å². The molecule has 55 heavy (non-hydrogen) atoms. The highest BCUT2D eigenvalue weighted by Crippen LogP contribution is 2.31. The van der Waals surface area contributed by atoms with Crippen LogP contribution in [0.3, 0.4) is 0 Å². The number of benzene rings is 1. The molecule has 0 unspecified atom stereocenters. The number of sulfonamides is 1. The SMILES string of the molecule is O=C(CC1CCN(S(=O)(=O)c2ccco2)CC1)Nc1ccc2cc1CCc1cncc(c1)Nc1ncc(Cl)c(n1)N2.O=C(O)C(F)(F)F.O=C(O)C(F)(F)F. The van der Waals surface area contributed by atoms with Gasteiger partial charge in [-0.2, -0.15) is 35.6 Å². The molecule has 296 valence electrons. The van der Waals surface area contributed by atoms with Crippen LogP contribution in [-0.4, -0.2) is 81.2 Å². The maximum absolute atomic E-state index is 13.1. The third kappa shape index (κ3) is 12.3. The molecular formula is C32H30ClF6N7O8S. The molecule has 2 aliphatic heterocycles. The van der Waals surface area contributed by atoms with E-state index in [1.807, 2.05) is 30.5 Å². The number of pyridine rings is 1. The summed E-state index contributed by atoms with van der Waals surface area (Å²) in [6.45, 7) is 0.698. The molecule has 6 bridgehead atoms. The number of carbonyl (C=O) groups is 3. The molecule has 0 saturated carbocycles. The Balaban J connectivity index is 0.000000410. The first-order valence-corrected chi connectivity index (χ1v) is 17.6. The smallest absolute Gasteiger partial charge is 0.475 e. The first kappa shape index (κ1) is 42.3. The number of rotatable bonds is 5. The number of furan rings is 1. The topological polar surface area (TPSA) is 217 Å². The van der Waals surface area contributed by atoms with Crippen LogP contribution < -0.4 is 16.0 Å². The van der Waals surface area contributed by atoms with Crippen molar-refractivity contribution in [3.05, 3.63) is 77.4 Å². The number of halogens is 7. The van der Waals surface area contributed by atoms with Gasteiger partial charge in [0.2, 0.25) is 16.9 Å². The third-order valence-corrected chi connectivity index (χ3v) is 9.80. The lowest BCUT2D eigenvalue weighted by atomic mass is 9.94. The van der Waals surface area contributed by atoms with Crippen molar-refractivity contribution < 1.29 is 63.8 Å². The quantitative estimate of drug-likeness (QED) is 0.138.